The molecule has 3 rings (SSSR count). The van der Waals surface area contributed by atoms with E-state index in [0.717, 1.165) is 22.8 Å². The molecule has 0 saturated carbocycles. The van der Waals surface area contributed by atoms with E-state index in [0.29, 0.717) is 11.3 Å². The Morgan fingerprint density at radius 3 is 2.41 bits per heavy atom. The standard InChI is InChI=1S/C24H23F2N3O3/c1-14-6-5-7-15(2)23(14)16-10-18(24(26)19(25)11-16)20(13-22(31)32)28-29-21(30)12-17-8-3-4-9-27-17/h3-11,20,28H,12-13H2,1-2H3,(H,29,30)(H,31,32)/t20-/m0/s1. The molecule has 3 aromatic rings. The highest BCUT2D eigenvalue weighted by atomic mass is 19.2. The summed E-state index contributed by atoms with van der Waals surface area (Å²) in [6, 6.07) is 12.0. The molecule has 0 fully saturated rings. The molecule has 1 aromatic heterocycles. The zero-order valence-electron chi connectivity index (χ0n) is 17.7. The van der Waals surface area contributed by atoms with Crippen LogP contribution in [0, 0.1) is 25.5 Å². The SMILES string of the molecule is Cc1cccc(C)c1-c1cc(F)c(F)c([C@H](CC(=O)O)NNC(=O)Cc2ccccn2)c1. The number of carboxylic acid groups (broad SMARTS) is 1. The number of benzene rings is 2. The molecule has 0 radical (unpaired) electrons. The number of aryl methyl sites for hydroxylation is 2. The molecule has 166 valence electrons. The number of halogens is 2. The van der Waals surface area contributed by atoms with Gasteiger partial charge in [0.15, 0.2) is 11.6 Å². The summed E-state index contributed by atoms with van der Waals surface area (Å²) in [5, 5.41) is 9.30. The summed E-state index contributed by atoms with van der Waals surface area (Å²) in [7, 11) is 0. The molecular weight excluding hydrogens is 416 g/mol. The highest BCUT2D eigenvalue weighted by molar-refractivity contribution is 5.78. The maximum absolute atomic E-state index is 14.7. The number of pyridine rings is 1. The summed E-state index contributed by atoms with van der Waals surface area (Å²) in [4.78, 5) is 27.7. The third-order valence-electron chi connectivity index (χ3n) is 5.03. The number of hydrogen-bond acceptors (Lipinski definition) is 4. The summed E-state index contributed by atoms with van der Waals surface area (Å²) in [5.74, 6) is -4.00. The van der Waals surface area contributed by atoms with Crippen LogP contribution in [0.4, 0.5) is 8.78 Å². The maximum atomic E-state index is 14.7. The third kappa shape index (κ3) is 5.53. The molecule has 1 heterocycles. The first-order valence-corrected chi connectivity index (χ1v) is 9.98. The molecule has 3 N–H and O–H groups in total. The number of amides is 1. The molecule has 32 heavy (non-hydrogen) atoms. The van der Waals surface area contributed by atoms with Gasteiger partial charge in [0.1, 0.15) is 0 Å². The van der Waals surface area contributed by atoms with E-state index in [-0.39, 0.29) is 12.0 Å². The molecule has 1 atom stereocenters. The van der Waals surface area contributed by atoms with Gasteiger partial charge in [-0.15, -0.1) is 0 Å². The second-order valence-corrected chi connectivity index (χ2v) is 7.47. The average molecular weight is 439 g/mol. The number of hydrogen-bond donors (Lipinski definition) is 3. The van der Waals surface area contributed by atoms with Gasteiger partial charge in [-0.25, -0.2) is 14.2 Å². The van der Waals surface area contributed by atoms with Crippen LogP contribution < -0.4 is 10.9 Å². The lowest BCUT2D eigenvalue weighted by atomic mass is 9.92. The van der Waals surface area contributed by atoms with Gasteiger partial charge in [-0.3, -0.25) is 20.0 Å². The van der Waals surface area contributed by atoms with E-state index in [2.05, 4.69) is 15.8 Å². The molecule has 0 spiro atoms. The largest absolute Gasteiger partial charge is 0.481 e. The Bertz CT molecular complexity index is 1120. The minimum atomic E-state index is -1.24. The topological polar surface area (TPSA) is 91.3 Å². The van der Waals surface area contributed by atoms with Crippen molar-refractivity contribution in [3.63, 3.8) is 0 Å². The highest BCUT2D eigenvalue weighted by Crippen LogP contribution is 2.32. The van der Waals surface area contributed by atoms with Crippen molar-refractivity contribution in [1.29, 1.82) is 0 Å². The summed E-state index contributed by atoms with van der Waals surface area (Å²) >= 11 is 0. The Hall–Kier alpha value is -3.65. The lowest BCUT2D eigenvalue weighted by molar-refractivity contribution is -0.138. The van der Waals surface area contributed by atoms with E-state index in [1.807, 2.05) is 32.0 Å². The van der Waals surface area contributed by atoms with Crippen molar-refractivity contribution < 1.29 is 23.5 Å². The fourth-order valence-corrected chi connectivity index (χ4v) is 3.57. The number of nitrogens with one attached hydrogen (secondary N) is 2. The van der Waals surface area contributed by atoms with Gasteiger partial charge in [0.05, 0.1) is 18.9 Å². The zero-order chi connectivity index (χ0) is 23.3. The molecule has 0 aliphatic rings. The lowest BCUT2D eigenvalue weighted by Crippen LogP contribution is -2.42. The second-order valence-electron chi connectivity index (χ2n) is 7.47. The number of carbonyl (C=O) groups is 2. The summed E-state index contributed by atoms with van der Waals surface area (Å²) in [5.41, 5.74) is 8.15. The van der Waals surface area contributed by atoms with E-state index in [1.54, 1.807) is 24.4 Å². The van der Waals surface area contributed by atoms with Crippen LogP contribution in [-0.4, -0.2) is 22.0 Å². The lowest BCUT2D eigenvalue weighted by Gasteiger charge is -2.21. The van der Waals surface area contributed by atoms with Crippen LogP contribution in [0.5, 0.6) is 0 Å². The number of carboxylic acids is 1. The first-order chi connectivity index (χ1) is 15.3. The van der Waals surface area contributed by atoms with Gasteiger partial charge in [-0.1, -0.05) is 24.3 Å². The minimum absolute atomic E-state index is 0.0626. The second kappa shape index (κ2) is 10.1. The quantitative estimate of drug-likeness (QED) is 0.461. The Kier molecular flexibility index (Phi) is 7.27. The number of carbonyl (C=O) groups excluding carboxylic acids is 1. The Morgan fingerprint density at radius 1 is 1.06 bits per heavy atom. The van der Waals surface area contributed by atoms with Crippen LogP contribution in [-0.2, 0) is 16.0 Å². The number of hydrazine groups is 1. The van der Waals surface area contributed by atoms with Crippen molar-refractivity contribution in [2.45, 2.75) is 32.7 Å². The molecule has 8 heteroatoms. The summed E-state index contributed by atoms with van der Waals surface area (Å²) in [6.07, 6.45) is 0.907. The Morgan fingerprint density at radius 2 is 1.78 bits per heavy atom. The average Bonchev–Trinajstić information content (AvgIpc) is 2.74. The first-order valence-electron chi connectivity index (χ1n) is 9.98. The minimum Gasteiger partial charge on any atom is -0.481 e. The highest BCUT2D eigenvalue weighted by Gasteiger charge is 2.24. The predicted octanol–water partition coefficient (Wildman–Crippen LogP) is 4.02. The van der Waals surface area contributed by atoms with Crippen LogP contribution in [0.15, 0.2) is 54.7 Å². The fourth-order valence-electron chi connectivity index (χ4n) is 3.57. The normalized spacial score (nSPS) is 11.8. The van der Waals surface area contributed by atoms with E-state index in [1.165, 1.54) is 6.07 Å². The zero-order valence-corrected chi connectivity index (χ0v) is 17.7. The molecule has 1 amide bonds. The number of nitrogens with zero attached hydrogens (tertiary/aromatic N) is 1. The van der Waals surface area contributed by atoms with Crippen LogP contribution in [0.3, 0.4) is 0 Å². The Labute approximate surface area is 184 Å². The van der Waals surface area contributed by atoms with Gasteiger partial charge in [0.2, 0.25) is 5.91 Å². The van der Waals surface area contributed by atoms with Gasteiger partial charge in [0.25, 0.3) is 0 Å². The van der Waals surface area contributed by atoms with E-state index < -0.39 is 36.0 Å². The van der Waals surface area contributed by atoms with E-state index in [4.69, 9.17) is 0 Å². The molecule has 2 aromatic carbocycles. The monoisotopic (exact) mass is 439 g/mol. The van der Waals surface area contributed by atoms with Gasteiger partial charge in [-0.05, 0) is 60.4 Å². The van der Waals surface area contributed by atoms with Crippen molar-refractivity contribution in [3.05, 3.63) is 88.7 Å². The Balaban J connectivity index is 1.90. The maximum Gasteiger partial charge on any atom is 0.305 e. The fraction of sp³-hybridized carbons (Fsp3) is 0.208. The molecule has 0 unspecified atom stereocenters. The van der Waals surface area contributed by atoms with Crippen LogP contribution >= 0.6 is 0 Å². The van der Waals surface area contributed by atoms with Crippen molar-refractivity contribution >= 4 is 11.9 Å². The van der Waals surface area contributed by atoms with Crippen LogP contribution in [0.25, 0.3) is 11.1 Å². The van der Waals surface area contributed by atoms with Gasteiger partial charge >= 0.3 is 5.97 Å². The van der Waals surface area contributed by atoms with Crippen LogP contribution in [0.2, 0.25) is 0 Å². The molecule has 0 saturated heterocycles. The van der Waals surface area contributed by atoms with Gasteiger partial charge < -0.3 is 5.11 Å². The van der Waals surface area contributed by atoms with Gasteiger partial charge in [0, 0.05) is 17.5 Å². The predicted molar refractivity (Wildman–Crippen MR) is 115 cm³/mol. The number of aliphatic carboxylic acids is 1. The number of aromatic nitrogens is 1. The first kappa shape index (κ1) is 23.0. The van der Waals surface area contributed by atoms with E-state index in [9.17, 15) is 23.5 Å². The molecule has 0 aliphatic carbocycles. The van der Waals surface area contributed by atoms with Gasteiger partial charge in [-0.2, -0.15) is 0 Å². The van der Waals surface area contributed by atoms with Crippen molar-refractivity contribution in [2.75, 3.05) is 0 Å². The summed E-state index contributed by atoms with van der Waals surface area (Å²) in [6.45, 7) is 3.71. The smallest absolute Gasteiger partial charge is 0.305 e. The molecule has 6 nitrogen and oxygen atoms in total. The van der Waals surface area contributed by atoms with Crippen molar-refractivity contribution in [3.8, 4) is 11.1 Å². The molecular formula is C24H23F2N3O3. The van der Waals surface area contributed by atoms with Crippen molar-refractivity contribution in [1.82, 2.24) is 15.8 Å². The summed E-state index contributed by atoms with van der Waals surface area (Å²) < 4.78 is 29.3. The van der Waals surface area contributed by atoms with Crippen LogP contribution in [0.1, 0.15) is 34.8 Å². The third-order valence-corrected chi connectivity index (χ3v) is 5.03. The van der Waals surface area contributed by atoms with E-state index >= 15 is 0 Å². The molecule has 0 bridgehead atoms. The number of rotatable bonds is 8. The molecule has 0 aliphatic heterocycles. The van der Waals surface area contributed by atoms with Crippen molar-refractivity contribution in [2.24, 2.45) is 0 Å².